The van der Waals surface area contributed by atoms with Crippen molar-refractivity contribution in [3.05, 3.63) is 66.4 Å². The minimum atomic E-state index is -4.51. The van der Waals surface area contributed by atoms with Crippen LogP contribution in [0.15, 0.2) is 60.7 Å². The lowest BCUT2D eigenvalue weighted by Crippen LogP contribution is -2.07. The van der Waals surface area contributed by atoms with Gasteiger partial charge in [0.1, 0.15) is 0 Å². The molecule has 3 nitrogen and oxygen atoms in total. The first kappa shape index (κ1) is 14.9. The summed E-state index contributed by atoms with van der Waals surface area (Å²) < 4.78 is 41.5. The summed E-state index contributed by atoms with van der Waals surface area (Å²) in [6, 6.07) is 17.3. The normalized spacial score (nSPS) is 12.0. The van der Waals surface area contributed by atoms with Crippen molar-refractivity contribution >= 4 is 21.6 Å². The Morgan fingerprint density at radius 1 is 0.917 bits per heavy atom. The van der Waals surface area contributed by atoms with Crippen molar-refractivity contribution in [1.29, 1.82) is 0 Å². The van der Waals surface area contributed by atoms with E-state index in [0.29, 0.717) is 16.4 Å². The number of nitrogens with zero attached hydrogens (tertiary/aromatic N) is 3. The molecule has 2 aromatic carbocycles. The highest BCUT2D eigenvalue weighted by Crippen LogP contribution is 2.34. The van der Waals surface area contributed by atoms with Crippen LogP contribution in [0.4, 0.5) is 13.2 Å². The molecule has 24 heavy (non-hydrogen) atoms. The molecule has 0 aliphatic heterocycles. The van der Waals surface area contributed by atoms with Gasteiger partial charge in [-0.3, -0.25) is 0 Å². The molecule has 0 unspecified atom stereocenters. The molecule has 4 aromatic rings. The van der Waals surface area contributed by atoms with E-state index in [1.807, 2.05) is 30.3 Å². The molecule has 4 rings (SSSR count). The molecular weight excluding hydrogens is 335 g/mol. The van der Waals surface area contributed by atoms with Crippen molar-refractivity contribution in [2.75, 3.05) is 0 Å². The van der Waals surface area contributed by atoms with Gasteiger partial charge in [-0.2, -0.15) is 18.3 Å². The number of fused-ring (bicyclic) bond motifs is 1. The Hall–Kier alpha value is -2.67. The van der Waals surface area contributed by atoms with Crippen LogP contribution in [0.1, 0.15) is 5.69 Å². The maximum atomic E-state index is 13.1. The Balaban J connectivity index is 1.94. The van der Waals surface area contributed by atoms with E-state index in [1.54, 1.807) is 24.3 Å². The third-order valence-corrected chi connectivity index (χ3v) is 4.55. The van der Waals surface area contributed by atoms with Crippen LogP contribution in [0, 0.1) is 0 Å². The van der Waals surface area contributed by atoms with Crippen LogP contribution in [-0.4, -0.2) is 14.8 Å². The predicted molar refractivity (Wildman–Crippen MR) is 87.2 cm³/mol. The van der Waals surface area contributed by atoms with Gasteiger partial charge in [0.25, 0.3) is 0 Å². The second-order valence-corrected chi connectivity index (χ2v) is 6.16. The molecule has 0 aliphatic rings. The molecule has 0 radical (unpaired) electrons. The number of rotatable bonds is 2. The molecule has 0 spiro atoms. The van der Waals surface area contributed by atoms with E-state index in [9.17, 15) is 13.2 Å². The smallest absolute Gasteiger partial charge is 0.218 e. The zero-order valence-corrected chi connectivity index (χ0v) is 13.0. The van der Waals surface area contributed by atoms with Gasteiger partial charge in [-0.05, 0) is 18.2 Å². The molecule has 0 saturated carbocycles. The van der Waals surface area contributed by atoms with Crippen LogP contribution < -0.4 is 0 Å². The van der Waals surface area contributed by atoms with Gasteiger partial charge in [-0.15, -0.1) is 0 Å². The van der Waals surface area contributed by atoms with Gasteiger partial charge in [0.15, 0.2) is 5.69 Å². The molecule has 0 saturated heterocycles. The van der Waals surface area contributed by atoms with E-state index in [1.165, 1.54) is 16.0 Å². The molecule has 120 valence electrons. The zero-order chi connectivity index (χ0) is 16.7. The van der Waals surface area contributed by atoms with Crippen molar-refractivity contribution in [1.82, 2.24) is 14.8 Å². The summed E-state index contributed by atoms with van der Waals surface area (Å²) in [5.41, 5.74) is 0.822. The Kier molecular flexibility index (Phi) is 3.38. The highest BCUT2D eigenvalue weighted by atomic mass is 32.1. The fourth-order valence-electron chi connectivity index (χ4n) is 2.43. The van der Waals surface area contributed by atoms with Crippen LogP contribution in [0.25, 0.3) is 26.6 Å². The molecule has 0 amide bonds. The van der Waals surface area contributed by atoms with Crippen LogP contribution in [0.2, 0.25) is 0 Å². The number of para-hydroxylation sites is 1. The topological polar surface area (TPSA) is 30.7 Å². The standard InChI is InChI=1S/C17H10F3N3S/c18-17(19,20)15-10-13(11-6-2-1-3-7-11)23(22-15)16-21-12-8-4-5-9-14(12)24-16/h1-10H. The summed E-state index contributed by atoms with van der Waals surface area (Å²) in [5.74, 6) is 0. The van der Waals surface area contributed by atoms with Gasteiger partial charge >= 0.3 is 6.18 Å². The largest absolute Gasteiger partial charge is 0.435 e. The summed E-state index contributed by atoms with van der Waals surface area (Å²) in [6.07, 6.45) is -4.51. The molecular formula is C17H10F3N3S. The van der Waals surface area contributed by atoms with Crippen molar-refractivity contribution in [2.45, 2.75) is 6.18 Å². The number of thiazole rings is 1. The summed E-state index contributed by atoms with van der Waals surface area (Å²) >= 11 is 1.31. The number of hydrogen-bond donors (Lipinski definition) is 0. The second-order valence-electron chi connectivity index (χ2n) is 5.15. The van der Waals surface area contributed by atoms with Crippen molar-refractivity contribution in [2.24, 2.45) is 0 Å². The molecule has 2 aromatic heterocycles. The molecule has 0 bridgehead atoms. The maximum Gasteiger partial charge on any atom is 0.435 e. The van der Waals surface area contributed by atoms with Crippen LogP contribution in [0.5, 0.6) is 0 Å². The first-order chi connectivity index (χ1) is 11.5. The highest BCUT2D eigenvalue weighted by Gasteiger charge is 2.35. The number of hydrogen-bond acceptors (Lipinski definition) is 3. The first-order valence-electron chi connectivity index (χ1n) is 7.11. The highest BCUT2D eigenvalue weighted by molar-refractivity contribution is 7.20. The van der Waals surface area contributed by atoms with Gasteiger partial charge in [0.2, 0.25) is 5.13 Å². The Bertz CT molecular complexity index is 970. The fraction of sp³-hybridized carbons (Fsp3) is 0.0588. The van der Waals surface area contributed by atoms with Crippen molar-refractivity contribution in [3.63, 3.8) is 0 Å². The van der Waals surface area contributed by atoms with E-state index in [2.05, 4.69) is 10.1 Å². The van der Waals surface area contributed by atoms with Gasteiger partial charge in [-0.25, -0.2) is 9.67 Å². The maximum absolute atomic E-state index is 13.1. The van der Waals surface area contributed by atoms with Gasteiger partial charge < -0.3 is 0 Å². The number of aromatic nitrogens is 3. The van der Waals surface area contributed by atoms with Crippen LogP contribution >= 0.6 is 11.3 Å². The van der Waals surface area contributed by atoms with E-state index < -0.39 is 11.9 Å². The fourth-order valence-corrected chi connectivity index (χ4v) is 3.36. The molecule has 2 heterocycles. The van der Waals surface area contributed by atoms with E-state index in [-0.39, 0.29) is 0 Å². The number of alkyl halides is 3. The van der Waals surface area contributed by atoms with Gasteiger partial charge in [0, 0.05) is 5.56 Å². The number of benzene rings is 2. The summed E-state index contributed by atoms with van der Waals surface area (Å²) in [7, 11) is 0. The quantitative estimate of drug-likeness (QED) is 0.502. The predicted octanol–water partition coefficient (Wildman–Crippen LogP) is 5.17. The monoisotopic (exact) mass is 345 g/mol. The molecule has 0 aliphatic carbocycles. The summed E-state index contributed by atoms with van der Waals surface area (Å²) in [6.45, 7) is 0. The lowest BCUT2D eigenvalue weighted by molar-refractivity contribution is -0.141. The minimum absolute atomic E-state index is 0.363. The Morgan fingerprint density at radius 3 is 2.33 bits per heavy atom. The van der Waals surface area contributed by atoms with Crippen LogP contribution in [0.3, 0.4) is 0 Å². The first-order valence-corrected chi connectivity index (χ1v) is 7.93. The van der Waals surface area contributed by atoms with E-state index >= 15 is 0 Å². The lowest BCUT2D eigenvalue weighted by Gasteiger charge is -2.03. The molecule has 0 atom stereocenters. The average Bonchev–Trinajstić information content (AvgIpc) is 3.19. The Morgan fingerprint density at radius 2 is 1.62 bits per heavy atom. The third kappa shape index (κ3) is 2.56. The van der Waals surface area contributed by atoms with Crippen LogP contribution in [-0.2, 0) is 6.18 Å². The van der Waals surface area contributed by atoms with E-state index in [4.69, 9.17) is 0 Å². The lowest BCUT2D eigenvalue weighted by atomic mass is 10.1. The Labute approximate surface area is 139 Å². The van der Waals surface area contributed by atoms with Crippen molar-refractivity contribution in [3.8, 4) is 16.4 Å². The third-order valence-electron chi connectivity index (χ3n) is 3.53. The van der Waals surface area contributed by atoms with Gasteiger partial charge in [0.05, 0.1) is 15.9 Å². The second kappa shape index (κ2) is 5.45. The van der Waals surface area contributed by atoms with E-state index in [0.717, 1.165) is 16.3 Å². The average molecular weight is 345 g/mol. The molecule has 0 fully saturated rings. The molecule has 7 heteroatoms. The number of halogens is 3. The van der Waals surface area contributed by atoms with Gasteiger partial charge in [-0.1, -0.05) is 53.8 Å². The minimum Gasteiger partial charge on any atom is -0.218 e. The zero-order valence-electron chi connectivity index (χ0n) is 12.2. The SMILES string of the molecule is FC(F)(F)c1cc(-c2ccccc2)n(-c2nc3ccccc3s2)n1. The van der Waals surface area contributed by atoms with Crippen molar-refractivity contribution < 1.29 is 13.2 Å². The molecule has 0 N–H and O–H groups in total. The summed E-state index contributed by atoms with van der Waals surface area (Å²) in [4.78, 5) is 4.42. The summed E-state index contributed by atoms with van der Waals surface area (Å²) in [5, 5.41) is 4.17.